The molecule has 3 heteroatoms. The van der Waals surface area contributed by atoms with Gasteiger partial charge in [-0.2, -0.15) is 0 Å². The molecular formula is C13H23NO2. The molecule has 1 unspecified atom stereocenters. The van der Waals surface area contributed by atoms with Crippen molar-refractivity contribution in [2.75, 3.05) is 20.2 Å². The number of likely N-dealkylation sites (N-methyl/N-ethyl adjacent to an activating group) is 1. The van der Waals surface area contributed by atoms with Gasteiger partial charge < -0.3 is 9.64 Å². The smallest absolute Gasteiger partial charge is 0.225 e. The zero-order chi connectivity index (χ0) is 11.4. The van der Waals surface area contributed by atoms with Crippen molar-refractivity contribution < 1.29 is 9.53 Å². The molecule has 0 bridgehead atoms. The highest BCUT2D eigenvalue weighted by Gasteiger charge is 2.26. The monoisotopic (exact) mass is 225 g/mol. The van der Waals surface area contributed by atoms with Crippen LogP contribution in [-0.4, -0.2) is 37.1 Å². The molecule has 2 fully saturated rings. The Morgan fingerprint density at radius 1 is 1.19 bits per heavy atom. The topological polar surface area (TPSA) is 29.5 Å². The summed E-state index contributed by atoms with van der Waals surface area (Å²) in [6.07, 6.45) is 8.49. The first kappa shape index (κ1) is 11.9. The first-order chi connectivity index (χ1) is 7.77. The third-order valence-electron chi connectivity index (χ3n) is 3.83. The Hall–Kier alpha value is -0.570. The Kier molecular flexibility index (Phi) is 4.22. The molecule has 0 N–H and O–H groups in total. The van der Waals surface area contributed by atoms with Crippen molar-refractivity contribution in [1.82, 2.24) is 4.90 Å². The zero-order valence-corrected chi connectivity index (χ0v) is 10.3. The van der Waals surface area contributed by atoms with Crippen molar-refractivity contribution in [2.24, 2.45) is 5.92 Å². The summed E-state index contributed by atoms with van der Waals surface area (Å²) in [5.41, 5.74) is 0. The van der Waals surface area contributed by atoms with Crippen LogP contribution < -0.4 is 0 Å². The van der Waals surface area contributed by atoms with Gasteiger partial charge in [0, 0.05) is 26.1 Å². The van der Waals surface area contributed by atoms with Gasteiger partial charge in [-0.15, -0.1) is 0 Å². The lowest BCUT2D eigenvalue weighted by atomic mass is 9.88. The van der Waals surface area contributed by atoms with Gasteiger partial charge in [-0.05, 0) is 25.7 Å². The van der Waals surface area contributed by atoms with Crippen molar-refractivity contribution >= 4 is 5.91 Å². The van der Waals surface area contributed by atoms with E-state index in [1.54, 1.807) is 0 Å². The summed E-state index contributed by atoms with van der Waals surface area (Å²) in [5.74, 6) is 0.635. The lowest BCUT2D eigenvalue weighted by molar-refractivity contribution is -0.136. The average Bonchev–Trinajstić information content (AvgIpc) is 2.82. The van der Waals surface area contributed by atoms with E-state index in [0.717, 1.165) is 38.8 Å². The summed E-state index contributed by atoms with van der Waals surface area (Å²) < 4.78 is 5.57. The van der Waals surface area contributed by atoms with Gasteiger partial charge in [0.05, 0.1) is 6.10 Å². The Morgan fingerprint density at radius 3 is 2.56 bits per heavy atom. The Labute approximate surface area is 98.1 Å². The van der Waals surface area contributed by atoms with E-state index in [1.807, 2.05) is 11.9 Å². The summed E-state index contributed by atoms with van der Waals surface area (Å²) in [4.78, 5) is 14.1. The van der Waals surface area contributed by atoms with E-state index in [4.69, 9.17) is 4.74 Å². The Bertz CT molecular complexity index is 230. The van der Waals surface area contributed by atoms with E-state index in [-0.39, 0.29) is 6.10 Å². The highest BCUT2D eigenvalue weighted by atomic mass is 16.5. The molecule has 0 spiro atoms. The van der Waals surface area contributed by atoms with Gasteiger partial charge in [0.2, 0.25) is 5.91 Å². The fourth-order valence-electron chi connectivity index (χ4n) is 2.84. The molecule has 0 aromatic rings. The summed E-state index contributed by atoms with van der Waals surface area (Å²) in [5, 5.41) is 0. The third kappa shape index (κ3) is 2.97. The van der Waals surface area contributed by atoms with E-state index < -0.39 is 0 Å². The second-order valence-corrected chi connectivity index (χ2v) is 5.19. The summed E-state index contributed by atoms with van der Waals surface area (Å²) in [7, 11) is 1.93. The lowest BCUT2D eigenvalue weighted by Gasteiger charge is -2.27. The van der Waals surface area contributed by atoms with Gasteiger partial charge in [-0.25, -0.2) is 0 Å². The largest absolute Gasteiger partial charge is 0.376 e. The molecular weight excluding hydrogens is 202 g/mol. The van der Waals surface area contributed by atoms with E-state index in [0.29, 0.717) is 11.8 Å². The van der Waals surface area contributed by atoms with Gasteiger partial charge in [-0.1, -0.05) is 19.3 Å². The van der Waals surface area contributed by atoms with Crippen LogP contribution >= 0.6 is 0 Å². The van der Waals surface area contributed by atoms with Crippen LogP contribution in [-0.2, 0) is 9.53 Å². The SMILES string of the molecule is CN(CC1CCCO1)C(=O)C1CCCCC1. The van der Waals surface area contributed by atoms with Crippen molar-refractivity contribution in [1.29, 1.82) is 0 Å². The zero-order valence-electron chi connectivity index (χ0n) is 10.3. The number of carbonyl (C=O) groups is 1. The normalized spacial score (nSPS) is 26.9. The number of carbonyl (C=O) groups excluding carboxylic acids is 1. The molecule has 2 rings (SSSR count). The molecule has 3 nitrogen and oxygen atoms in total. The number of hydrogen-bond donors (Lipinski definition) is 0. The number of nitrogens with zero attached hydrogens (tertiary/aromatic N) is 1. The van der Waals surface area contributed by atoms with Gasteiger partial charge in [0.15, 0.2) is 0 Å². The average molecular weight is 225 g/mol. The molecule has 1 saturated heterocycles. The maximum Gasteiger partial charge on any atom is 0.225 e. The van der Waals surface area contributed by atoms with Gasteiger partial charge in [-0.3, -0.25) is 4.79 Å². The molecule has 0 radical (unpaired) electrons. The summed E-state index contributed by atoms with van der Waals surface area (Å²) >= 11 is 0. The van der Waals surface area contributed by atoms with Gasteiger partial charge in [0.1, 0.15) is 0 Å². The van der Waals surface area contributed by atoms with Crippen LogP contribution in [0.5, 0.6) is 0 Å². The Balaban J connectivity index is 1.78. The Morgan fingerprint density at radius 2 is 1.94 bits per heavy atom. The highest BCUT2D eigenvalue weighted by molar-refractivity contribution is 5.78. The second kappa shape index (κ2) is 5.67. The van der Waals surface area contributed by atoms with Crippen LogP contribution in [0.3, 0.4) is 0 Å². The predicted octanol–water partition coefficient (Wildman–Crippen LogP) is 2.20. The third-order valence-corrected chi connectivity index (χ3v) is 3.83. The molecule has 1 aliphatic heterocycles. The minimum Gasteiger partial charge on any atom is -0.376 e. The molecule has 16 heavy (non-hydrogen) atoms. The lowest BCUT2D eigenvalue weighted by Crippen LogP contribution is -2.38. The molecule has 1 aliphatic carbocycles. The van der Waals surface area contributed by atoms with Crippen molar-refractivity contribution in [2.45, 2.75) is 51.0 Å². The fourth-order valence-corrected chi connectivity index (χ4v) is 2.84. The predicted molar refractivity (Wildman–Crippen MR) is 63.2 cm³/mol. The number of hydrogen-bond acceptors (Lipinski definition) is 2. The maximum absolute atomic E-state index is 12.2. The van der Waals surface area contributed by atoms with E-state index in [1.165, 1.54) is 19.3 Å². The molecule has 1 heterocycles. The highest BCUT2D eigenvalue weighted by Crippen LogP contribution is 2.25. The summed E-state index contributed by atoms with van der Waals surface area (Å²) in [6.45, 7) is 1.66. The summed E-state index contributed by atoms with van der Waals surface area (Å²) in [6, 6.07) is 0. The number of rotatable bonds is 3. The van der Waals surface area contributed by atoms with Crippen molar-refractivity contribution in [3.63, 3.8) is 0 Å². The van der Waals surface area contributed by atoms with E-state index in [2.05, 4.69) is 0 Å². The minimum atomic E-state index is 0.289. The fraction of sp³-hybridized carbons (Fsp3) is 0.923. The van der Waals surface area contributed by atoms with Crippen LogP contribution in [0.2, 0.25) is 0 Å². The molecule has 2 aliphatic rings. The molecule has 92 valence electrons. The minimum absolute atomic E-state index is 0.289. The second-order valence-electron chi connectivity index (χ2n) is 5.19. The van der Waals surface area contributed by atoms with Crippen LogP contribution in [0, 0.1) is 5.92 Å². The molecule has 1 atom stereocenters. The van der Waals surface area contributed by atoms with E-state index >= 15 is 0 Å². The number of ether oxygens (including phenoxy) is 1. The number of amides is 1. The van der Waals surface area contributed by atoms with Gasteiger partial charge >= 0.3 is 0 Å². The van der Waals surface area contributed by atoms with Crippen molar-refractivity contribution in [3.05, 3.63) is 0 Å². The first-order valence-electron chi connectivity index (χ1n) is 6.64. The van der Waals surface area contributed by atoms with Crippen molar-refractivity contribution in [3.8, 4) is 0 Å². The molecule has 1 saturated carbocycles. The standard InChI is InChI=1S/C13H23NO2/c1-14(10-12-8-5-9-16-12)13(15)11-6-3-2-4-7-11/h11-12H,2-10H2,1H3. The van der Waals surface area contributed by atoms with Crippen LogP contribution in [0.4, 0.5) is 0 Å². The van der Waals surface area contributed by atoms with Crippen LogP contribution in [0.1, 0.15) is 44.9 Å². The molecule has 1 amide bonds. The van der Waals surface area contributed by atoms with Crippen LogP contribution in [0.25, 0.3) is 0 Å². The quantitative estimate of drug-likeness (QED) is 0.737. The first-order valence-corrected chi connectivity index (χ1v) is 6.64. The van der Waals surface area contributed by atoms with Gasteiger partial charge in [0.25, 0.3) is 0 Å². The maximum atomic E-state index is 12.2. The van der Waals surface area contributed by atoms with Crippen LogP contribution in [0.15, 0.2) is 0 Å². The molecule has 0 aromatic heterocycles. The molecule has 0 aromatic carbocycles. The van der Waals surface area contributed by atoms with E-state index in [9.17, 15) is 4.79 Å².